The Morgan fingerprint density at radius 1 is 0.931 bits per heavy atom. The minimum absolute atomic E-state index is 0.706. The van der Waals surface area contributed by atoms with E-state index >= 15 is 0 Å². The number of hydrogen-bond donors (Lipinski definition) is 1. The Morgan fingerprint density at radius 3 is 2.48 bits per heavy atom. The predicted octanol–water partition coefficient (Wildman–Crippen LogP) is 6.36. The molecule has 4 nitrogen and oxygen atoms in total. The van der Waals surface area contributed by atoms with E-state index in [4.69, 9.17) is 21.3 Å². The van der Waals surface area contributed by atoms with Gasteiger partial charge >= 0.3 is 0 Å². The number of hydrogen-bond acceptors (Lipinski definition) is 4. The number of benzene rings is 2. The van der Waals surface area contributed by atoms with Gasteiger partial charge in [-0.3, -0.25) is 0 Å². The fourth-order valence-electron chi connectivity index (χ4n) is 3.78. The van der Waals surface area contributed by atoms with Gasteiger partial charge in [0.1, 0.15) is 5.75 Å². The number of aromatic nitrogens is 1. The summed E-state index contributed by atoms with van der Waals surface area (Å²) in [4.78, 5) is 7.28. The lowest BCUT2D eigenvalue weighted by Gasteiger charge is -2.17. The highest BCUT2D eigenvalue weighted by Gasteiger charge is 2.10. The predicted molar refractivity (Wildman–Crippen MR) is 126 cm³/mol. The third kappa shape index (κ3) is 5.52. The van der Waals surface area contributed by atoms with Gasteiger partial charge in [-0.2, -0.15) is 0 Å². The third-order valence-electron chi connectivity index (χ3n) is 5.54. The Labute approximate surface area is 179 Å². The van der Waals surface area contributed by atoms with Crippen LogP contribution in [0.25, 0.3) is 21.8 Å². The van der Waals surface area contributed by atoms with E-state index in [1.165, 1.54) is 25.8 Å². The highest BCUT2D eigenvalue weighted by Crippen LogP contribution is 2.34. The molecule has 1 N–H and O–H groups in total. The Morgan fingerprint density at radius 2 is 1.72 bits per heavy atom. The third-order valence-corrected chi connectivity index (χ3v) is 5.78. The van der Waals surface area contributed by atoms with E-state index < -0.39 is 0 Å². The van der Waals surface area contributed by atoms with Crippen molar-refractivity contribution in [1.82, 2.24) is 9.88 Å². The van der Waals surface area contributed by atoms with Gasteiger partial charge in [0, 0.05) is 22.3 Å². The van der Waals surface area contributed by atoms with Crippen molar-refractivity contribution in [2.45, 2.75) is 39.5 Å². The van der Waals surface area contributed by atoms with Crippen LogP contribution in [0.5, 0.6) is 5.75 Å². The summed E-state index contributed by atoms with van der Waals surface area (Å²) in [6.07, 6.45) is 4.95. The average molecular weight is 414 g/mol. The van der Waals surface area contributed by atoms with Gasteiger partial charge in [-0.05, 0) is 68.9 Å². The number of unbranched alkanes of at least 4 members (excludes halogenated alkanes) is 3. The van der Waals surface area contributed by atoms with Crippen molar-refractivity contribution < 1.29 is 4.74 Å². The van der Waals surface area contributed by atoms with Gasteiger partial charge in [0.15, 0.2) is 0 Å². The molecular weight excluding hydrogens is 382 g/mol. The minimum atomic E-state index is 0.706. The molecule has 156 valence electrons. The van der Waals surface area contributed by atoms with Crippen LogP contribution in [0.2, 0.25) is 5.02 Å². The van der Waals surface area contributed by atoms with Crippen molar-refractivity contribution in [3.63, 3.8) is 0 Å². The summed E-state index contributed by atoms with van der Waals surface area (Å²) < 4.78 is 5.44. The number of nitrogens with one attached hydrogen (secondary N) is 1. The molecule has 0 atom stereocenters. The molecule has 0 saturated carbocycles. The van der Waals surface area contributed by atoms with Crippen LogP contribution in [-0.4, -0.2) is 43.2 Å². The number of ether oxygens (including phenoxy) is 1. The lowest BCUT2D eigenvalue weighted by Crippen LogP contribution is -2.23. The molecule has 1 aromatic heterocycles. The molecule has 0 aliphatic heterocycles. The number of nitrogens with zero attached hydrogens (tertiary/aromatic N) is 2. The normalized spacial score (nSPS) is 11.5. The molecule has 0 radical (unpaired) electrons. The van der Waals surface area contributed by atoms with Crippen molar-refractivity contribution in [3.8, 4) is 5.75 Å². The maximum atomic E-state index is 6.20. The summed E-state index contributed by atoms with van der Waals surface area (Å²) >= 11 is 6.20. The molecule has 0 saturated heterocycles. The first-order chi connectivity index (χ1) is 14.2. The molecule has 0 bridgehead atoms. The van der Waals surface area contributed by atoms with E-state index in [0.717, 1.165) is 59.3 Å². The van der Waals surface area contributed by atoms with Gasteiger partial charge < -0.3 is 15.0 Å². The van der Waals surface area contributed by atoms with Crippen molar-refractivity contribution in [1.29, 1.82) is 0 Å². The first kappa shape index (κ1) is 21.7. The summed E-state index contributed by atoms with van der Waals surface area (Å²) in [6.45, 7) is 8.92. The zero-order valence-corrected chi connectivity index (χ0v) is 18.6. The molecule has 0 fully saturated rings. The number of rotatable bonds is 11. The van der Waals surface area contributed by atoms with Crippen LogP contribution in [0.15, 0.2) is 36.4 Å². The molecule has 0 aliphatic rings. The number of pyridine rings is 1. The standard InChI is InChI=1S/C24H32ClN3O/c1-4-28(5-2)15-9-7-6-8-14-26-24-20-12-10-18(25)16-23(20)27-22-13-11-19(29-3)17-21(22)24/h10-13,16-17H,4-9,14-15H2,1-3H3,(H,26,27). The topological polar surface area (TPSA) is 37.4 Å². The van der Waals surface area contributed by atoms with Crippen LogP contribution in [-0.2, 0) is 0 Å². The molecule has 0 unspecified atom stereocenters. The maximum absolute atomic E-state index is 6.20. The van der Waals surface area contributed by atoms with E-state index in [1.807, 2.05) is 24.3 Å². The molecular formula is C24H32ClN3O. The summed E-state index contributed by atoms with van der Waals surface area (Å²) in [5.74, 6) is 0.840. The average Bonchev–Trinajstić information content (AvgIpc) is 2.74. The fraction of sp³-hybridized carbons (Fsp3) is 0.458. The molecule has 0 spiro atoms. The Balaban J connectivity index is 1.69. The van der Waals surface area contributed by atoms with E-state index in [-0.39, 0.29) is 0 Å². The SMILES string of the molecule is CCN(CC)CCCCCCNc1c2ccc(Cl)cc2nc2ccc(OC)cc12. The van der Waals surface area contributed by atoms with Gasteiger partial charge in [-0.1, -0.05) is 38.3 Å². The van der Waals surface area contributed by atoms with Crippen molar-refractivity contribution >= 4 is 39.1 Å². The van der Waals surface area contributed by atoms with E-state index in [2.05, 4.69) is 36.2 Å². The van der Waals surface area contributed by atoms with Crippen LogP contribution in [0.3, 0.4) is 0 Å². The summed E-state index contributed by atoms with van der Waals surface area (Å²) in [7, 11) is 1.70. The molecule has 2 aromatic carbocycles. The van der Waals surface area contributed by atoms with Crippen LogP contribution in [0, 0.1) is 0 Å². The molecule has 3 rings (SSSR count). The van der Waals surface area contributed by atoms with Gasteiger partial charge in [-0.15, -0.1) is 0 Å². The van der Waals surface area contributed by atoms with Crippen molar-refractivity contribution in [2.75, 3.05) is 38.6 Å². The van der Waals surface area contributed by atoms with Crippen LogP contribution >= 0.6 is 11.6 Å². The summed E-state index contributed by atoms with van der Waals surface area (Å²) in [6, 6.07) is 11.9. The van der Waals surface area contributed by atoms with Gasteiger partial charge in [0.05, 0.1) is 23.8 Å². The van der Waals surface area contributed by atoms with Crippen molar-refractivity contribution in [3.05, 3.63) is 41.4 Å². The number of methoxy groups -OCH3 is 1. The zero-order valence-electron chi connectivity index (χ0n) is 17.8. The molecule has 5 heteroatoms. The second-order valence-electron chi connectivity index (χ2n) is 7.40. The smallest absolute Gasteiger partial charge is 0.119 e. The number of fused-ring (bicyclic) bond motifs is 2. The highest BCUT2D eigenvalue weighted by atomic mass is 35.5. The van der Waals surface area contributed by atoms with Gasteiger partial charge in [-0.25, -0.2) is 4.98 Å². The Bertz CT molecular complexity index is 940. The second kappa shape index (κ2) is 10.7. The minimum Gasteiger partial charge on any atom is -0.497 e. The quantitative estimate of drug-likeness (QED) is 0.293. The summed E-state index contributed by atoms with van der Waals surface area (Å²) in [5, 5.41) is 6.56. The lowest BCUT2D eigenvalue weighted by molar-refractivity contribution is 0.295. The first-order valence-corrected chi connectivity index (χ1v) is 11.1. The number of halogens is 1. The molecule has 3 aromatic rings. The first-order valence-electron chi connectivity index (χ1n) is 10.7. The Hall–Kier alpha value is -2.04. The monoisotopic (exact) mass is 413 g/mol. The van der Waals surface area contributed by atoms with Gasteiger partial charge in [0.25, 0.3) is 0 Å². The molecule has 29 heavy (non-hydrogen) atoms. The van der Waals surface area contributed by atoms with E-state index in [1.54, 1.807) is 7.11 Å². The molecule has 0 amide bonds. The largest absolute Gasteiger partial charge is 0.497 e. The number of anilines is 1. The van der Waals surface area contributed by atoms with E-state index in [0.29, 0.717) is 5.02 Å². The lowest BCUT2D eigenvalue weighted by atomic mass is 10.1. The van der Waals surface area contributed by atoms with Crippen LogP contribution < -0.4 is 10.1 Å². The fourth-order valence-corrected chi connectivity index (χ4v) is 3.95. The van der Waals surface area contributed by atoms with Crippen LogP contribution in [0.1, 0.15) is 39.5 Å². The van der Waals surface area contributed by atoms with Crippen molar-refractivity contribution in [2.24, 2.45) is 0 Å². The van der Waals surface area contributed by atoms with Gasteiger partial charge in [0.2, 0.25) is 0 Å². The maximum Gasteiger partial charge on any atom is 0.119 e. The zero-order chi connectivity index (χ0) is 20.6. The highest BCUT2D eigenvalue weighted by molar-refractivity contribution is 6.31. The summed E-state index contributed by atoms with van der Waals surface area (Å²) in [5.41, 5.74) is 2.97. The molecule has 1 heterocycles. The van der Waals surface area contributed by atoms with Crippen LogP contribution in [0.4, 0.5) is 5.69 Å². The second-order valence-corrected chi connectivity index (χ2v) is 7.84. The van der Waals surface area contributed by atoms with E-state index in [9.17, 15) is 0 Å². The Kier molecular flexibility index (Phi) is 7.96. The molecule has 0 aliphatic carbocycles.